The minimum atomic E-state index is -0.0945. The van der Waals surface area contributed by atoms with Gasteiger partial charge >= 0.3 is 0 Å². The molecule has 0 saturated heterocycles. The van der Waals surface area contributed by atoms with Crippen molar-refractivity contribution in [2.75, 3.05) is 6.54 Å². The van der Waals surface area contributed by atoms with Crippen LogP contribution in [0.4, 0.5) is 0 Å². The third kappa shape index (κ3) is 3.84. The fourth-order valence-electron chi connectivity index (χ4n) is 1.90. The van der Waals surface area contributed by atoms with Gasteiger partial charge in [-0.25, -0.2) is 0 Å². The Kier molecular flexibility index (Phi) is 4.24. The maximum Gasteiger partial charge on any atom is 0.257 e. The molecule has 1 fully saturated rings. The molecule has 104 valence electrons. The predicted octanol–water partition coefficient (Wildman–Crippen LogP) is 1.80. The number of nitrogens with one attached hydrogen (secondary N) is 1. The zero-order chi connectivity index (χ0) is 13.8. The van der Waals surface area contributed by atoms with Gasteiger partial charge in [-0.2, -0.15) is 0 Å². The van der Waals surface area contributed by atoms with Crippen LogP contribution in [0.5, 0.6) is 0 Å². The molecule has 1 aliphatic rings. The van der Waals surface area contributed by atoms with Gasteiger partial charge in [0.15, 0.2) is 0 Å². The second kappa shape index (κ2) is 5.91. The normalized spacial score (nSPS) is 14.5. The summed E-state index contributed by atoms with van der Waals surface area (Å²) in [6.45, 7) is 4.31. The topological polar surface area (TPSA) is 62.6 Å². The van der Waals surface area contributed by atoms with Crippen LogP contribution in [0, 0.1) is 0 Å². The van der Waals surface area contributed by atoms with Crippen LogP contribution in [0.1, 0.15) is 43.5 Å². The molecule has 1 aliphatic carbocycles. The first-order valence-corrected chi connectivity index (χ1v) is 6.70. The zero-order valence-electron chi connectivity index (χ0n) is 11.4. The van der Waals surface area contributed by atoms with Gasteiger partial charge in [0.05, 0.1) is 11.8 Å². The van der Waals surface area contributed by atoms with Crippen molar-refractivity contribution in [3.05, 3.63) is 24.2 Å². The van der Waals surface area contributed by atoms with Crippen LogP contribution in [0.15, 0.2) is 23.0 Å². The van der Waals surface area contributed by atoms with Gasteiger partial charge < -0.3 is 14.6 Å². The lowest BCUT2D eigenvalue weighted by atomic mass is 10.2. The van der Waals surface area contributed by atoms with Crippen LogP contribution in [-0.2, 0) is 4.79 Å². The summed E-state index contributed by atoms with van der Waals surface area (Å²) < 4.78 is 4.93. The Hall–Kier alpha value is -1.78. The molecule has 5 nitrogen and oxygen atoms in total. The third-order valence-electron chi connectivity index (χ3n) is 3.17. The standard InChI is InChI=1S/C14H20N2O3/c1-10(2)16(14(18)11-6-8-19-9-11)7-5-13(17)15-12-3-4-12/h6,8-10,12H,3-5,7H2,1-2H3,(H,15,17). The minimum absolute atomic E-state index is 0.0214. The van der Waals surface area contributed by atoms with E-state index in [-0.39, 0.29) is 17.9 Å². The summed E-state index contributed by atoms with van der Waals surface area (Å²) in [5.41, 5.74) is 0.524. The second-order valence-electron chi connectivity index (χ2n) is 5.20. The first-order chi connectivity index (χ1) is 9.08. The number of furan rings is 1. The molecule has 5 heteroatoms. The molecule has 0 aliphatic heterocycles. The van der Waals surface area contributed by atoms with Crippen molar-refractivity contribution < 1.29 is 14.0 Å². The molecule has 0 spiro atoms. The van der Waals surface area contributed by atoms with E-state index < -0.39 is 0 Å². The minimum Gasteiger partial charge on any atom is -0.472 e. The molecular formula is C14H20N2O3. The van der Waals surface area contributed by atoms with Crippen molar-refractivity contribution in [2.24, 2.45) is 0 Å². The predicted molar refractivity (Wildman–Crippen MR) is 70.7 cm³/mol. The van der Waals surface area contributed by atoms with Crippen molar-refractivity contribution in [1.29, 1.82) is 0 Å². The van der Waals surface area contributed by atoms with Crippen molar-refractivity contribution >= 4 is 11.8 Å². The highest BCUT2D eigenvalue weighted by atomic mass is 16.3. The lowest BCUT2D eigenvalue weighted by Crippen LogP contribution is -2.39. The third-order valence-corrected chi connectivity index (χ3v) is 3.17. The van der Waals surface area contributed by atoms with E-state index in [4.69, 9.17) is 4.42 Å². The Morgan fingerprint density at radius 3 is 2.74 bits per heavy atom. The first kappa shape index (κ1) is 13.6. The molecule has 0 atom stereocenters. The van der Waals surface area contributed by atoms with E-state index >= 15 is 0 Å². The van der Waals surface area contributed by atoms with Crippen LogP contribution < -0.4 is 5.32 Å². The van der Waals surface area contributed by atoms with Gasteiger partial charge in [0.2, 0.25) is 5.91 Å². The van der Waals surface area contributed by atoms with Gasteiger partial charge in [0.25, 0.3) is 5.91 Å². The SMILES string of the molecule is CC(C)N(CCC(=O)NC1CC1)C(=O)c1ccoc1. The Bertz CT molecular complexity index is 436. The molecule has 1 heterocycles. The molecule has 0 bridgehead atoms. The number of hydrogen-bond acceptors (Lipinski definition) is 3. The van der Waals surface area contributed by atoms with Gasteiger partial charge in [-0.1, -0.05) is 0 Å². The highest BCUT2D eigenvalue weighted by molar-refractivity contribution is 5.94. The van der Waals surface area contributed by atoms with Crippen LogP contribution in [0.2, 0.25) is 0 Å². The highest BCUT2D eigenvalue weighted by Crippen LogP contribution is 2.18. The zero-order valence-corrected chi connectivity index (χ0v) is 11.4. The van der Waals surface area contributed by atoms with Crippen molar-refractivity contribution in [2.45, 2.75) is 45.2 Å². The number of carbonyl (C=O) groups is 2. The average molecular weight is 264 g/mol. The van der Waals surface area contributed by atoms with Crippen LogP contribution in [0.3, 0.4) is 0 Å². The summed E-state index contributed by atoms with van der Waals surface area (Å²) in [4.78, 5) is 25.6. The largest absolute Gasteiger partial charge is 0.472 e. The van der Waals surface area contributed by atoms with Crippen LogP contribution >= 0.6 is 0 Å². The average Bonchev–Trinajstić information content (AvgIpc) is 2.99. The molecule has 2 rings (SSSR count). The number of rotatable bonds is 6. The fourth-order valence-corrected chi connectivity index (χ4v) is 1.90. The maximum atomic E-state index is 12.2. The van der Waals surface area contributed by atoms with E-state index in [0.717, 1.165) is 12.8 Å². The monoisotopic (exact) mass is 264 g/mol. The van der Waals surface area contributed by atoms with Crippen molar-refractivity contribution in [3.8, 4) is 0 Å². The molecule has 1 saturated carbocycles. The Morgan fingerprint density at radius 1 is 1.47 bits per heavy atom. The van der Waals surface area contributed by atoms with Crippen molar-refractivity contribution in [3.63, 3.8) is 0 Å². The maximum absolute atomic E-state index is 12.2. The van der Waals surface area contributed by atoms with E-state index in [0.29, 0.717) is 24.6 Å². The Balaban J connectivity index is 1.88. The summed E-state index contributed by atoms with van der Waals surface area (Å²) in [5.74, 6) is -0.0730. The van der Waals surface area contributed by atoms with E-state index in [2.05, 4.69) is 5.32 Å². The van der Waals surface area contributed by atoms with Crippen LogP contribution in [0.25, 0.3) is 0 Å². The van der Waals surface area contributed by atoms with Gasteiger partial charge in [0, 0.05) is 25.0 Å². The highest BCUT2D eigenvalue weighted by Gasteiger charge is 2.24. The summed E-state index contributed by atoms with van der Waals surface area (Å²) in [6, 6.07) is 2.06. The van der Waals surface area contributed by atoms with Gasteiger partial charge in [-0.05, 0) is 32.8 Å². The molecule has 19 heavy (non-hydrogen) atoms. The molecule has 0 unspecified atom stereocenters. The quantitative estimate of drug-likeness (QED) is 0.852. The summed E-state index contributed by atoms with van der Waals surface area (Å²) in [5, 5.41) is 2.93. The molecule has 2 amide bonds. The molecule has 1 aromatic rings. The molecule has 1 aromatic heterocycles. The fraction of sp³-hybridized carbons (Fsp3) is 0.571. The molecule has 0 aromatic carbocycles. The summed E-state index contributed by atoms with van der Waals surface area (Å²) in [7, 11) is 0. The molecule has 1 N–H and O–H groups in total. The smallest absolute Gasteiger partial charge is 0.257 e. The van der Waals surface area contributed by atoms with E-state index in [9.17, 15) is 9.59 Å². The number of carbonyl (C=O) groups excluding carboxylic acids is 2. The summed E-state index contributed by atoms with van der Waals surface area (Å²) in [6.07, 6.45) is 5.41. The van der Waals surface area contributed by atoms with E-state index in [1.807, 2.05) is 13.8 Å². The van der Waals surface area contributed by atoms with Gasteiger partial charge in [-0.3, -0.25) is 9.59 Å². The second-order valence-corrected chi connectivity index (χ2v) is 5.20. The van der Waals surface area contributed by atoms with E-state index in [1.54, 1.807) is 11.0 Å². The first-order valence-electron chi connectivity index (χ1n) is 6.70. The number of hydrogen-bond donors (Lipinski definition) is 1. The molecular weight excluding hydrogens is 244 g/mol. The van der Waals surface area contributed by atoms with E-state index in [1.165, 1.54) is 12.5 Å². The number of nitrogens with zero attached hydrogens (tertiary/aromatic N) is 1. The van der Waals surface area contributed by atoms with Gasteiger partial charge in [0.1, 0.15) is 6.26 Å². The van der Waals surface area contributed by atoms with Crippen molar-refractivity contribution in [1.82, 2.24) is 10.2 Å². The number of amides is 2. The molecule has 0 radical (unpaired) electrons. The Morgan fingerprint density at radius 2 is 2.21 bits per heavy atom. The summed E-state index contributed by atoms with van der Waals surface area (Å²) >= 11 is 0. The Labute approximate surface area is 113 Å². The lowest BCUT2D eigenvalue weighted by molar-refractivity contribution is -0.121. The van der Waals surface area contributed by atoms with Crippen LogP contribution in [-0.4, -0.2) is 35.3 Å². The van der Waals surface area contributed by atoms with Gasteiger partial charge in [-0.15, -0.1) is 0 Å². The lowest BCUT2D eigenvalue weighted by Gasteiger charge is -2.26.